The van der Waals surface area contributed by atoms with Crippen molar-refractivity contribution in [2.45, 2.75) is 26.3 Å². The number of hydrogen-bond donors (Lipinski definition) is 4. The Morgan fingerprint density at radius 2 is 2.10 bits per heavy atom. The molecule has 7 nitrogen and oxygen atoms in total. The smallest absolute Gasteiger partial charge is 0.251 e. The van der Waals surface area contributed by atoms with Gasteiger partial charge < -0.3 is 16.1 Å². The van der Waals surface area contributed by atoms with Crippen molar-refractivity contribution in [1.82, 2.24) is 15.6 Å². The van der Waals surface area contributed by atoms with Crippen LogP contribution >= 0.6 is 11.6 Å². The predicted octanol–water partition coefficient (Wildman–Crippen LogP) is 0.665. The van der Waals surface area contributed by atoms with Crippen LogP contribution in [0.15, 0.2) is 12.1 Å². The van der Waals surface area contributed by atoms with Gasteiger partial charge in [0.05, 0.1) is 0 Å². The van der Waals surface area contributed by atoms with E-state index in [0.717, 1.165) is 0 Å². The Bertz CT molecular complexity index is 493. The second-order valence-corrected chi connectivity index (χ2v) is 4.82. The van der Waals surface area contributed by atoms with E-state index in [-0.39, 0.29) is 36.0 Å². The van der Waals surface area contributed by atoms with Crippen LogP contribution in [-0.2, 0) is 4.79 Å². The first-order valence-electron chi connectivity index (χ1n) is 6.14. The third-order valence-electron chi connectivity index (χ3n) is 2.29. The van der Waals surface area contributed by atoms with Gasteiger partial charge >= 0.3 is 0 Å². The van der Waals surface area contributed by atoms with Crippen molar-refractivity contribution in [2.75, 3.05) is 12.0 Å². The van der Waals surface area contributed by atoms with Crippen molar-refractivity contribution in [3.8, 4) is 0 Å². The summed E-state index contributed by atoms with van der Waals surface area (Å²) in [7, 11) is 0. The van der Waals surface area contributed by atoms with E-state index in [0.29, 0.717) is 11.4 Å². The molecule has 0 atom stereocenters. The first-order valence-corrected chi connectivity index (χ1v) is 6.52. The molecule has 20 heavy (non-hydrogen) atoms. The number of nitrogens with zero attached hydrogens (tertiary/aromatic N) is 1. The summed E-state index contributed by atoms with van der Waals surface area (Å²) in [6.07, 6.45) is 0.213. The second-order valence-electron chi connectivity index (χ2n) is 4.44. The molecule has 0 saturated carbocycles. The monoisotopic (exact) mass is 299 g/mol. The number of carbonyl (C=O) groups is 2. The molecule has 1 aromatic heterocycles. The van der Waals surface area contributed by atoms with Crippen molar-refractivity contribution in [2.24, 2.45) is 5.84 Å². The summed E-state index contributed by atoms with van der Waals surface area (Å²) in [5.41, 5.74) is 2.64. The van der Waals surface area contributed by atoms with Crippen LogP contribution in [0.3, 0.4) is 0 Å². The molecule has 110 valence electrons. The number of nitrogen functional groups attached to an aromatic ring is 1. The fraction of sp³-hybridized carbons (Fsp3) is 0.417. The minimum absolute atomic E-state index is 0.0791. The zero-order chi connectivity index (χ0) is 15.1. The minimum Gasteiger partial charge on any atom is -0.354 e. The summed E-state index contributed by atoms with van der Waals surface area (Å²) in [5.74, 6) is 5.05. The Labute approximate surface area is 122 Å². The number of hydrogen-bond acceptors (Lipinski definition) is 5. The Kier molecular flexibility index (Phi) is 6.20. The Balaban J connectivity index is 2.51. The largest absolute Gasteiger partial charge is 0.354 e. The molecule has 0 fully saturated rings. The Morgan fingerprint density at radius 1 is 1.40 bits per heavy atom. The number of halogens is 1. The molecule has 1 aromatic rings. The molecule has 1 rings (SSSR count). The van der Waals surface area contributed by atoms with Crippen molar-refractivity contribution in [3.63, 3.8) is 0 Å². The number of carbonyl (C=O) groups excluding carboxylic acids is 2. The molecule has 0 aliphatic rings. The molecule has 0 aromatic carbocycles. The third kappa shape index (κ3) is 5.41. The maximum absolute atomic E-state index is 11.9. The van der Waals surface area contributed by atoms with Gasteiger partial charge in [-0.15, -0.1) is 0 Å². The number of hydrazine groups is 1. The van der Waals surface area contributed by atoms with Gasteiger partial charge in [-0.25, -0.2) is 10.8 Å². The zero-order valence-corrected chi connectivity index (χ0v) is 12.1. The lowest BCUT2D eigenvalue weighted by molar-refractivity contribution is -0.121. The maximum atomic E-state index is 11.9. The van der Waals surface area contributed by atoms with E-state index in [2.05, 4.69) is 21.0 Å². The quantitative estimate of drug-likeness (QED) is 0.350. The first-order chi connectivity index (χ1) is 9.42. The van der Waals surface area contributed by atoms with Crippen LogP contribution in [0.25, 0.3) is 0 Å². The number of pyridine rings is 1. The number of nitrogens with one attached hydrogen (secondary N) is 3. The van der Waals surface area contributed by atoms with E-state index in [1.54, 1.807) is 0 Å². The normalized spacial score (nSPS) is 10.2. The summed E-state index contributed by atoms with van der Waals surface area (Å²) >= 11 is 5.76. The van der Waals surface area contributed by atoms with Crippen molar-refractivity contribution in [1.29, 1.82) is 0 Å². The number of rotatable bonds is 6. The van der Waals surface area contributed by atoms with Crippen LogP contribution in [0.5, 0.6) is 0 Å². The molecule has 5 N–H and O–H groups in total. The third-order valence-corrected chi connectivity index (χ3v) is 2.49. The summed E-state index contributed by atoms with van der Waals surface area (Å²) in [6, 6.07) is 2.97. The van der Waals surface area contributed by atoms with Gasteiger partial charge in [0, 0.05) is 24.6 Å². The number of amides is 2. The molecular weight excluding hydrogens is 282 g/mol. The lowest BCUT2D eigenvalue weighted by atomic mass is 10.2. The molecular formula is C12H18ClN5O2. The summed E-state index contributed by atoms with van der Waals surface area (Å²) < 4.78 is 0. The lowest BCUT2D eigenvalue weighted by Crippen LogP contribution is -2.34. The fourth-order valence-electron chi connectivity index (χ4n) is 1.49. The van der Waals surface area contributed by atoms with Crippen molar-refractivity contribution < 1.29 is 9.59 Å². The molecule has 0 unspecified atom stereocenters. The minimum atomic E-state index is -0.344. The Morgan fingerprint density at radius 3 is 2.70 bits per heavy atom. The SMILES string of the molecule is CC(C)NC(=O)CCNC(=O)c1cc(Cl)nc(NN)c1. The van der Waals surface area contributed by atoms with E-state index in [9.17, 15) is 9.59 Å². The zero-order valence-electron chi connectivity index (χ0n) is 11.4. The maximum Gasteiger partial charge on any atom is 0.251 e. The molecule has 0 radical (unpaired) electrons. The fourth-order valence-corrected chi connectivity index (χ4v) is 1.70. The highest BCUT2D eigenvalue weighted by molar-refractivity contribution is 6.29. The Hall–Kier alpha value is -1.86. The van der Waals surface area contributed by atoms with Gasteiger partial charge in [-0.1, -0.05) is 11.6 Å². The molecule has 0 bridgehead atoms. The molecule has 0 aliphatic carbocycles. The first kappa shape index (κ1) is 16.2. The van der Waals surface area contributed by atoms with Crippen molar-refractivity contribution >= 4 is 29.2 Å². The van der Waals surface area contributed by atoms with E-state index in [4.69, 9.17) is 17.4 Å². The second kappa shape index (κ2) is 7.66. The molecule has 0 spiro atoms. The molecule has 0 saturated heterocycles. The van der Waals surface area contributed by atoms with Crippen LogP contribution < -0.4 is 21.9 Å². The van der Waals surface area contributed by atoms with Crippen molar-refractivity contribution in [3.05, 3.63) is 22.8 Å². The molecule has 2 amide bonds. The van der Waals surface area contributed by atoms with Gasteiger partial charge in [0.2, 0.25) is 5.91 Å². The highest BCUT2D eigenvalue weighted by atomic mass is 35.5. The summed E-state index contributed by atoms with van der Waals surface area (Å²) in [5, 5.41) is 5.52. The average Bonchev–Trinajstić information content (AvgIpc) is 2.36. The topological polar surface area (TPSA) is 109 Å². The van der Waals surface area contributed by atoms with Gasteiger partial charge in [0.25, 0.3) is 5.91 Å². The van der Waals surface area contributed by atoms with Gasteiger partial charge in [-0.05, 0) is 26.0 Å². The highest BCUT2D eigenvalue weighted by Gasteiger charge is 2.10. The standard InChI is InChI=1S/C12H18ClN5O2/c1-7(2)16-11(19)3-4-15-12(20)8-5-9(13)17-10(6-8)18-14/h5-7H,3-4,14H2,1-2H3,(H,15,20)(H,16,19)(H,17,18). The lowest BCUT2D eigenvalue weighted by Gasteiger charge is -2.09. The van der Waals surface area contributed by atoms with E-state index in [1.165, 1.54) is 12.1 Å². The van der Waals surface area contributed by atoms with Crippen LogP contribution in [0.4, 0.5) is 5.82 Å². The average molecular weight is 300 g/mol. The van der Waals surface area contributed by atoms with E-state index in [1.807, 2.05) is 13.8 Å². The van der Waals surface area contributed by atoms with Crippen LogP contribution in [0.2, 0.25) is 5.15 Å². The number of nitrogens with two attached hydrogens (primary N) is 1. The number of aromatic nitrogens is 1. The van der Waals surface area contributed by atoms with Crippen LogP contribution in [0, 0.1) is 0 Å². The summed E-state index contributed by atoms with van der Waals surface area (Å²) in [4.78, 5) is 27.1. The van der Waals surface area contributed by atoms with Crippen LogP contribution in [-0.4, -0.2) is 29.4 Å². The predicted molar refractivity (Wildman–Crippen MR) is 77.3 cm³/mol. The van der Waals surface area contributed by atoms with Crippen LogP contribution in [0.1, 0.15) is 30.6 Å². The molecule has 0 aliphatic heterocycles. The van der Waals surface area contributed by atoms with Gasteiger partial charge in [0.1, 0.15) is 11.0 Å². The van der Waals surface area contributed by atoms with Gasteiger partial charge in [0.15, 0.2) is 0 Å². The summed E-state index contributed by atoms with van der Waals surface area (Å²) in [6.45, 7) is 3.98. The highest BCUT2D eigenvalue weighted by Crippen LogP contribution is 2.13. The number of anilines is 1. The van der Waals surface area contributed by atoms with Gasteiger partial charge in [-0.2, -0.15) is 0 Å². The molecule has 8 heteroatoms. The van der Waals surface area contributed by atoms with E-state index >= 15 is 0 Å². The van der Waals surface area contributed by atoms with Gasteiger partial charge in [-0.3, -0.25) is 9.59 Å². The molecule has 1 heterocycles. The van der Waals surface area contributed by atoms with E-state index < -0.39 is 0 Å².